The predicted molar refractivity (Wildman–Crippen MR) is 104 cm³/mol. The average Bonchev–Trinajstić information content (AvgIpc) is 2.71. The monoisotopic (exact) mass is 447 g/mol. The first kappa shape index (κ1) is 23.1. The van der Waals surface area contributed by atoms with Crippen molar-refractivity contribution in [2.75, 3.05) is 0 Å². The Labute approximate surface area is 200 Å². The molecule has 1 unspecified atom stereocenters. The third-order valence-electron chi connectivity index (χ3n) is 4.33. The quantitative estimate of drug-likeness (QED) is 0.299. The van der Waals surface area contributed by atoms with Gasteiger partial charge in [-0.15, -0.1) is 0 Å². The van der Waals surface area contributed by atoms with Crippen molar-refractivity contribution < 1.29 is 56.8 Å². The fraction of sp³-hybridized carbons (Fsp3) is 0.176. The van der Waals surface area contributed by atoms with Crippen LogP contribution in [0.2, 0.25) is 0 Å². The van der Waals surface area contributed by atoms with E-state index in [2.05, 4.69) is 38.7 Å². The number of carboxylic acids is 1. The van der Waals surface area contributed by atoms with E-state index in [1.807, 2.05) is 0 Å². The van der Waals surface area contributed by atoms with Gasteiger partial charge in [-0.3, -0.25) is 4.79 Å². The Morgan fingerprint density at radius 1 is 0.964 bits per heavy atom. The number of hydrogen-bond donors (Lipinski definition) is 3. The van der Waals surface area contributed by atoms with Gasteiger partial charge in [0.15, 0.2) is 11.5 Å². The van der Waals surface area contributed by atoms with Crippen LogP contribution in [0.5, 0.6) is 17.2 Å². The van der Waals surface area contributed by atoms with E-state index >= 15 is 0 Å². The summed E-state index contributed by atoms with van der Waals surface area (Å²) < 4.78 is 14.6. The molecule has 0 saturated heterocycles. The molecule has 3 rings (SSSR count). The van der Waals surface area contributed by atoms with Crippen molar-refractivity contribution in [2.24, 2.45) is 0 Å². The number of nitrogens with zero attached hydrogens (tertiary/aromatic N) is 1. The molecule has 28 heavy (non-hydrogen) atoms. The molecule has 2 aromatic carbocycles. The summed E-state index contributed by atoms with van der Waals surface area (Å²) in [4.78, 5) is 25.9. The SMILES string of the molecule is O=C([O-])C1Cc2cc(OS)ccc2CN1C(=O)c1ccc(OS)c(OS)c1.[Na+]. The zero-order chi connectivity index (χ0) is 19.6. The van der Waals surface area contributed by atoms with Gasteiger partial charge in [0, 0.05) is 50.8 Å². The number of carboxylic acid groups (broad SMARTS) is 1. The topological polar surface area (TPSA) is 88.1 Å². The zero-order valence-corrected chi connectivity index (χ0v) is 19.4. The van der Waals surface area contributed by atoms with Crippen LogP contribution in [-0.4, -0.2) is 22.8 Å². The van der Waals surface area contributed by atoms with Gasteiger partial charge < -0.3 is 27.4 Å². The summed E-state index contributed by atoms with van der Waals surface area (Å²) in [6.07, 6.45) is 0.0993. The van der Waals surface area contributed by atoms with Crippen LogP contribution in [0.15, 0.2) is 36.4 Å². The molecule has 0 saturated carbocycles. The Hall–Kier alpha value is -1.17. The standard InChI is InChI=1S/C17H15NO6S3.Na/c19-16(9-2-4-14(23-26)15(7-9)24-27)18-8-10-1-3-12(22-25)5-11(10)6-13(18)17(20)21;/h1-5,7,13,25-27H,6,8H2,(H,20,21);/q;+1/p-1. The number of carbonyl (C=O) groups is 2. The number of rotatable bonds is 5. The van der Waals surface area contributed by atoms with Crippen LogP contribution < -0.4 is 47.2 Å². The number of thiol groups is 3. The molecular formula is C17H14NNaO6S3. The first-order valence-corrected chi connectivity index (χ1v) is 8.80. The summed E-state index contributed by atoms with van der Waals surface area (Å²) in [7, 11) is 0. The van der Waals surface area contributed by atoms with E-state index in [0.29, 0.717) is 5.75 Å². The second-order valence-corrected chi connectivity index (χ2v) is 6.39. The summed E-state index contributed by atoms with van der Waals surface area (Å²) in [5.74, 6) is -0.887. The summed E-state index contributed by atoms with van der Waals surface area (Å²) in [6.45, 7) is 0.113. The number of benzene rings is 2. The number of aliphatic carboxylic acids is 1. The largest absolute Gasteiger partial charge is 1.00 e. The van der Waals surface area contributed by atoms with Crippen molar-refractivity contribution in [2.45, 2.75) is 19.0 Å². The fourth-order valence-corrected chi connectivity index (χ4v) is 3.40. The van der Waals surface area contributed by atoms with Crippen LogP contribution in [-0.2, 0) is 17.8 Å². The van der Waals surface area contributed by atoms with E-state index in [1.165, 1.54) is 23.1 Å². The molecule has 0 N–H and O–H groups in total. The van der Waals surface area contributed by atoms with E-state index in [4.69, 9.17) is 12.5 Å². The van der Waals surface area contributed by atoms with Crippen LogP contribution in [0.1, 0.15) is 21.5 Å². The van der Waals surface area contributed by atoms with Crippen molar-refractivity contribution in [3.63, 3.8) is 0 Å². The second kappa shape index (κ2) is 10.0. The summed E-state index contributed by atoms with van der Waals surface area (Å²) in [5, 5.41) is 11.7. The molecule has 1 amide bonds. The van der Waals surface area contributed by atoms with Gasteiger partial charge in [-0.2, -0.15) is 0 Å². The van der Waals surface area contributed by atoms with Gasteiger partial charge in [0.25, 0.3) is 5.91 Å². The van der Waals surface area contributed by atoms with E-state index in [9.17, 15) is 14.7 Å². The molecule has 0 bridgehead atoms. The molecular weight excluding hydrogens is 433 g/mol. The first-order valence-electron chi connectivity index (χ1n) is 7.70. The average molecular weight is 447 g/mol. The Kier molecular flexibility index (Phi) is 8.29. The third-order valence-corrected chi connectivity index (χ3v) is 4.94. The molecule has 1 aliphatic heterocycles. The maximum atomic E-state index is 13.0. The molecule has 142 valence electrons. The van der Waals surface area contributed by atoms with Gasteiger partial charge in [-0.05, 0) is 47.9 Å². The summed E-state index contributed by atoms with van der Waals surface area (Å²) >= 11 is 11.2. The Bertz CT molecular complexity index is 897. The van der Waals surface area contributed by atoms with Crippen molar-refractivity contribution in [1.29, 1.82) is 0 Å². The maximum Gasteiger partial charge on any atom is 1.00 e. The molecule has 7 nitrogen and oxygen atoms in total. The van der Waals surface area contributed by atoms with Crippen molar-refractivity contribution >= 4 is 50.6 Å². The molecule has 0 aromatic heterocycles. The first-order chi connectivity index (χ1) is 13.0. The Balaban J connectivity index is 0.00000280. The molecule has 0 fully saturated rings. The van der Waals surface area contributed by atoms with Crippen LogP contribution in [0.4, 0.5) is 0 Å². The number of amides is 1. The van der Waals surface area contributed by atoms with Crippen LogP contribution >= 0.6 is 38.7 Å². The van der Waals surface area contributed by atoms with Crippen molar-refractivity contribution in [1.82, 2.24) is 4.90 Å². The predicted octanol–water partition coefficient (Wildman–Crippen LogP) is -1.32. The zero-order valence-electron chi connectivity index (χ0n) is 14.7. The summed E-state index contributed by atoms with van der Waals surface area (Å²) in [5.41, 5.74) is 1.80. The minimum absolute atomic E-state index is 0. The molecule has 0 aliphatic carbocycles. The van der Waals surface area contributed by atoms with Gasteiger partial charge in [0.1, 0.15) is 5.75 Å². The van der Waals surface area contributed by atoms with Gasteiger partial charge in [-0.1, -0.05) is 6.07 Å². The van der Waals surface area contributed by atoms with Crippen LogP contribution in [0.25, 0.3) is 0 Å². The molecule has 11 heteroatoms. The minimum Gasteiger partial charge on any atom is -0.548 e. The molecule has 1 atom stereocenters. The number of hydrogen-bond acceptors (Lipinski definition) is 9. The van der Waals surface area contributed by atoms with Crippen LogP contribution in [0, 0.1) is 0 Å². The Morgan fingerprint density at radius 3 is 2.29 bits per heavy atom. The third kappa shape index (κ3) is 4.69. The fourth-order valence-electron chi connectivity index (χ4n) is 2.99. The van der Waals surface area contributed by atoms with Gasteiger partial charge in [0.05, 0.1) is 12.0 Å². The van der Waals surface area contributed by atoms with E-state index in [-0.39, 0.29) is 59.6 Å². The molecule has 1 aliphatic rings. The van der Waals surface area contributed by atoms with E-state index in [1.54, 1.807) is 18.2 Å². The normalized spacial score (nSPS) is 15.1. The number of fused-ring (bicyclic) bond motifs is 1. The van der Waals surface area contributed by atoms with Crippen molar-refractivity contribution in [3.8, 4) is 17.2 Å². The minimum atomic E-state index is -1.34. The van der Waals surface area contributed by atoms with E-state index < -0.39 is 17.9 Å². The maximum absolute atomic E-state index is 13.0. The molecule has 2 aromatic rings. The van der Waals surface area contributed by atoms with Crippen LogP contribution in [0.3, 0.4) is 0 Å². The number of carbonyl (C=O) groups excluding carboxylic acids is 2. The Morgan fingerprint density at radius 2 is 1.68 bits per heavy atom. The van der Waals surface area contributed by atoms with Gasteiger partial charge in [0.2, 0.25) is 0 Å². The van der Waals surface area contributed by atoms with Gasteiger partial charge in [-0.25, -0.2) is 0 Å². The van der Waals surface area contributed by atoms with E-state index in [0.717, 1.165) is 11.1 Å². The van der Waals surface area contributed by atoms with Gasteiger partial charge >= 0.3 is 29.6 Å². The molecule has 1 heterocycles. The second-order valence-electron chi connectivity index (χ2n) is 5.84. The molecule has 0 spiro atoms. The summed E-state index contributed by atoms with van der Waals surface area (Å²) in [6, 6.07) is 8.41. The smallest absolute Gasteiger partial charge is 0.548 e. The van der Waals surface area contributed by atoms with Crippen molar-refractivity contribution in [3.05, 3.63) is 53.1 Å². The molecule has 0 radical (unpaired) electrons.